The van der Waals surface area contributed by atoms with E-state index in [2.05, 4.69) is 53.9 Å². The summed E-state index contributed by atoms with van der Waals surface area (Å²) in [6.45, 7) is 19.5. The maximum Gasteiger partial charge on any atom is 0.351 e. The Morgan fingerprint density at radius 3 is 2.30 bits per heavy atom. The van der Waals surface area contributed by atoms with Crippen molar-refractivity contribution in [3.63, 3.8) is 0 Å². The smallest absolute Gasteiger partial charge is 0.351 e. The first-order chi connectivity index (χ1) is 31.2. The molecule has 0 radical (unpaired) electrons. The summed E-state index contributed by atoms with van der Waals surface area (Å²) in [5.74, 6) is -0.362. The van der Waals surface area contributed by atoms with Crippen molar-refractivity contribution in [2.75, 3.05) is 57.6 Å². The number of nitrogen functional groups attached to an aromatic ring is 1. The molecule has 19 nitrogen and oxygen atoms in total. The number of unbranched alkanes of at least 4 members (excludes halogenated alkanes) is 1. The van der Waals surface area contributed by atoms with Gasteiger partial charge in [0, 0.05) is 60.7 Å². The molecule has 4 fully saturated rings. The number of anilines is 1. The predicted molar refractivity (Wildman–Crippen MR) is 252 cm³/mol. The van der Waals surface area contributed by atoms with Gasteiger partial charge < -0.3 is 59.6 Å². The highest BCUT2D eigenvalue weighted by atomic mass is 32.2. The number of carbonyl (C=O) groups is 4. The number of ether oxygens (including phenoxy) is 6. The van der Waals surface area contributed by atoms with Gasteiger partial charge in [0.1, 0.15) is 29.1 Å². The van der Waals surface area contributed by atoms with Crippen molar-refractivity contribution in [1.29, 1.82) is 0 Å². The zero-order valence-electron chi connectivity index (χ0n) is 40.0. The Hall–Kier alpha value is -3.28. The SMILES string of the molecule is CC(=O)/C=C/c1cn([C@@H]2OC(COC(SOC(C)(C)CCC(=O)NCCOCCOCCNC(=O)CCCC[C@@H]3SC[C@H]4NC(=O)N[C@@H]34)(C(C)C)C(C)C)[C@@H]3OC(C)(C)O[C@H]23)c(=O)nc1N. The zero-order chi connectivity index (χ0) is 48.2. The number of rotatable bonds is 28. The Morgan fingerprint density at radius 1 is 1.00 bits per heavy atom. The van der Waals surface area contributed by atoms with Crippen LogP contribution in [0, 0.1) is 11.8 Å². The first kappa shape index (κ1) is 53.7. The molecule has 372 valence electrons. The lowest BCUT2D eigenvalue weighted by atomic mass is 9.95. The third-order valence-electron chi connectivity index (χ3n) is 11.9. The molecule has 1 unspecified atom stereocenters. The van der Waals surface area contributed by atoms with Gasteiger partial charge in [-0.25, -0.2) is 9.59 Å². The van der Waals surface area contributed by atoms with Crippen LogP contribution >= 0.6 is 23.8 Å². The van der Waals surface area contributed by atoms with Crippen molar-refractivity contribution in [1.82, 2.24) is 30.8 Å². The summed E-state index contributed by atoms with van der Waals surface area (Å²) < 4.78 is 44.8. The number of hydrogen-bond acceptors (Lipinski definition) is 16. The van der Waals surface area contributed by atoms with Crippen molar-refractivity contribution >= 4 is 59.3 Å². The summed E-state index contributed by atoms with van der Waals surface area (Å²) in [4.78, 5) is 64.5. The summed E-state index contributed by atoms with van der Waals surface area (Å²) in [5.41, 5.74) is 5.08. The minimum Gasteiger partial charge on any atom is -0.383 e. The lowest BCUT2D eigenvalue weighted by molar-refractivity contribution is -0.207. The summed E-state index contributed by atoms with van der Waals surface area (Å²) in [5, 5.41) is 12.2. The van der Waals surface area contributed by atoms with Gasteiger partial charge in [-0.15, -0.1) is 0 Å². The number of thioether (sulfide) groups is 1. The molecule has 0 bridgehead atoms. The fourth-order valence-corrected chi connectivity index (χ4v) is 10.9. The molecular formula is C45H73N7O12S2. The highest BCUT2D eigenvalue weighted by Crippen LogP contribution is 2.47. The van der Waals surface area contributed by atoms with Gasteiger partial charge in [0.15, 0.2) is 17.8 Å². The quantitative estimate of drug-likeness (QED) is 0.0261. The highest BCUT2D eigenvalue weighted by Gasteiger charge is 2.57. The van der Waals surface area contributed by atoms with Gasteiger partial charge in [-0.2, -0.15) is 16.7 Å². The molecule has 66 heavy (non-hydrogen) atoms. The molecule has 4 aliphatic heterocycles. The number of allylic oxidation sites excluding steroid dienone is 1. The molecule has 7 atom stereocenters. The lowest BCUT2D eigenvalue weighted by Crippen LogP contribution is -2.45. The predicted octanol–water partition coefficient (Wildman–Crippen LogP) is 4.09. The fraction of sp³-hybridized carbons (Fsp3) is 0.778. The highest BCUT2D eigenvalue weighted by molar-refractivity contribution is 8.00. The molecule has 1 aromatic heterocycles. The molecule has 5 rings (SSSR count). The fourth-order valence-electron chi connectivity index (χ4n) is 8.39. The second kappa shape index (κ2) is 24.3. The molecule has 5 heterocycles. The molecule has 0 aromatic carbocycles. The maximum absolute atomic E-state index is 13.2. The molecule has 4 saturated heterocycles. The average molecular weight is 968 g/mol. The van der Waals surface area contributed by atoms with Gasteiger partial charge in [0.25, 0.3) is 0 Å². The molecule has 4 amide bonds. The van der Waals surface area contributed by atoms with Crippen LogP contribution in [0.2, 0.25) is 0 Å². The molecule has 0 spiro atoms. The van der Waals surface area contributed by atoms with Crippen LogP contribution < -0.4 is 32.7 Å². The first-order valence-electron chi connectivity index (χ1n) is 23.2. The van der Waals surface area contributed by atoms with E-state index in [0.29, 0.717) is 63.2 Å². The normalized spacial score (nSPS) is 24.8. The van der Waals surface area contributed by atoms with E-state index in [1.165, 1.54) is 41.9 Å². The summed E-state index contributed by atoms with van der Waals surface area (Å²) in [7, 11) is 0. The largest absolute Gasteiger partial charge is 0.383 e. The van der Waals surface area contributed by atoms with Gasteiger partial charge in [-0.1, -0.05) is 34.1 Å². The van der Waals surface area contributed by atoms with E-state index in [0.717, 1.165) is 25.0 Å². The summed E-state index contributed by atoms with van der Waals surface area (Å²) >= 11 is 3.13. The Morgan fingerprint density at radius 2 is 1.65 bits per heavy atom. The number of nitrogens with two attached hydrogens (primary N) is 1. The minimum atomic E-state index is -0.957. The van der Waals surface area contributed by atoms with Gasteiger partial charge in [-0.3, -0.25) is 19.0 Å². The van der Waals surface area contributed by atoms with E-state index in [4.69, 9.17) is 38.3 Å². The zero-order valence-corrected chi connectivity index (χ0v) is 41.6. The summed E-state index contributed by atoms with van der Waals surface area (Å²) in [6.07, 6.45) is 5.47. The third kappa shape index (κ3) is 15.1. The second-order valence-electron chi connectivity index (χ2n) is 18.9. The summed E-state index contributed by atoms with van der Waals surface area (Å²) in [6, 6.07) is 0.332. The first-order valence-corrected chi connectivity index (χ1v) is 25.0. The van der Waals surface area contributed by atoms with Crippen LogP contribution in [-0.4, -0.2) is 137 Å². The minimum absolute atomic E-state index is 0.00565. The van der Waals surface area contributed by atoms with Crippen LogP contribution in [-0.2, 0) is 47.0 Å². The van der Waals surface area contributed by atoms with Crippen LogP contribution in [0.1, 0.15) is 113 Å². The van der Waals surface area contributed by atoms with E-state index in [-0.39, 0.29) is 66.4 Å². The number of nitrogens with one attached hydrogen (secondary N) is 4. The van der Waals surface area contributed by atoms with Crippen LogP contribution in [0.5, 0.6) is 0 Å². The number of carbonyl (C=O) groups excluding carboxylic acids is 4. The Bertz CT molecular complexity index is 1890. The molecule has 6 N–H and O–H groups in total. The molecule has 21 heteroatoms. The number of fused-ring (bicyclic) bond motifs is 2. The number of amides is 4. The van der Waals surface area contributed by atoms with Crippen LogP contribution in [0.25, 0.3) is 6.08 Å². The van der Waals surface area contributed by atoms with Crippen molar-refractivity contribution in [3.8, 4) is 0 Å². The van der Waals surface area contributed by atoms with Gasteiger partial charge >= 0.3 is 11.7 Å². The Balaban J connectivity index is 0.971. The number of ketones is 1. The molecule has 0 aliphatic carbocycles. The Labute approximate surface area is 397 Å². The number of nitrogens with zero attached hydrogens (tertiary/aromatic N) is 2. The van der Waals surface area contributed by atoms with E-state index < -0.39 is 46.6 Å². The molecule has 1 aromatic rings. The van der Waals surface area contributed by atoms with Crippen molar-refractivity contribution in [2.24, 2.45) is 11.8 Å². The standard InChI is InChI=1S/C45H73N7O12S2/c1-27(2)45(28(3)4,60-25-32-37-38(63-44(8,9)62-37)40(61-32)52-24-30(15-14-29(5)53)39(46)51-42(52)57)66-64-43(6,7)17-16-35(55)48-19-21-59-23-22-58-20-18-47-34(54)13-11-10-12-33-36-31(26-65-33)49-41(56)50-36/h14-15,24,27-28,31-33,36-38,40H,10-13,16-23,25-26H2,1-9H3,(H,47,54)(H,48,55)(H2,46,51,57)(H2,49,50,56)/b15-14+/t31-,32?,33+,36-,37+,38+,40-/m1/s1. The van der Waals surface area contributed by atoms with E-state index in [9.17, 15) is 24.0 Å². The monoisotopic (exact) mass is 967 g/mol. The van der Waals surface area contributed by atoms with Gasteiger partial charge in [0.2, 0.25) is 11.8 Å². The molecular weight excluding hydrogens is 895 g/mol. The Kier molecular flexibility index (Phi) is 19.8. The third-order valence-corrected chi connectivity index (χ3v) is 15.3. The topological polar surface area (TPSA) is 242 Å². The van der Waals surface area contributed by atoms with Crippen LogP contribution in [0.3, 0.4) is 0 Å². The van der Waals surface area contributed by atoms with E-state index >= 15 is 0 Å². The van der Waals surface area contributed by atoms with E-state index in [1.807, 2.05) is 25.6 Å². The second-order valence-corrected chi connectivity index (χ2v) is 21.1. The molecule has 4 aliphatic rings. The number of urea groups is 1. The van der Waals surface area contributed by atoms with Crippen LogP contribution in [0.15, 0.2) is 17.1 Å². The van der Waals surface area contributed by atoms with E-state index in [1.54, 1.807) is 13.8 Å². The molecule has 0 saturated carbocycles. The number of aromatic nitrogens is 2. The van der Waals surface area contributed by atoms with Gasteiger partial charge in [-0.05, 0) is 77.9 Å². The average Bonchev–Trinajstić information content (AvgIpc) is 3.98. The maximum atomic E-state index is 13.2. The van der Waals surface area contributed by atoms with Crippen molar-refractivity contribution in [2.45, 2.75) is 159 Å². The van der Waals surface area contributed by atoms with Crippen LogP contribution in [0.4, 0.5) is 10.6 Å². The van der Waals surface area contributed by atoms with Gasteiger partial charge in [0.05, 0.1) is 50.7 Å². The lowest BCUT2D eigenvalue weighted by Gasteiger charge is -2.42. The van der Waals surface area contributed by atoms with Crippen molar-refractivity contribution < 1.29 is 51.8 Å². The number of hydrogen-bond donors (Lipinski definition) is 5. The van der Waals surface area contributed by atoms with Crippen molar-refractivity contribution in [3.05, 3.63) is 28.3 Å².